The van der Waals surface area contributed by atoms with E-state index >= 15 is 0 Å². The topological polar surface area (TPSA) is 85.8 Å². The zero-order valence-corrected chi connectivity index (χ0v) is 20.2. The van der Waals surface area contributed by atoms with Crippen LogP contribution in [0.1, 0.15) is 24.5 Å². The Morgan fingerprint density at radius 3 is 2.47 bits per heavy atom. The van der Waals surface area contributed by atoms with Crippen molar-refractivity contribution in [2.45, 2.75) is 33.2 Å². The van der Waals surface area contributed by atoms with Crippen molar-refractivity contribution in [3.8, 4) is 5.75 Å². The molecule has 0 atom stereocenters. The maximum Gasteiger partial charge on any atom is 0.332 e. The van der Waals surface area contributed by atoms with Crippen molar-refractivity contribution in [3.63, 3.8) is 0 Å². The molecule has 3 rings (SSSR count). The first-order chi connectivity index (χ1) is 16.3. The molecule has 3 aromatic rings. The molecule has 0 saturated heterocycles. The minimum Gasteiger partial charge on any atom is -0.437 e. The fourth-order valence-corrected chi connectivity index (χ4v) is 3.56. The first-order valence-corrected chi connectivity index (χ1v) is 11.3. The number of rotatable bonds is 8. The number of halogens is 1. The molecule has 0 unspecified atom stereocenters. The molecule has 0 bridgehead atoms. The monoisotopic (exact) mass is 481 g/mol. The standard InChI is InChI=1S/C26H28ClN3O4/c1-18(14-15-20-10-5-4-6-11-20)24(34-22-13-8-7-12-21(22)27)28-23-19(2)25(32)30(16-9-17-31)26(33)29(23)3/h4-8,10-14,31H,9,15-17H2,1-3H3/b18-14-,28-24?. The molecule has 7 nitrogen and oxygen atoms in total. The summed E-state index contributed by atoms with van der Waals surface area (Å²) in [5, 5.41) is 9.51. The summed E-state index contributed by atoms with van der Waals surface area (Å²) in [6.45, 7) is 3.49. The second-order valence-corrected chi connectivity index (χ2v) is 8.26. The molecule has 0 spiro atoms. The van der Waals surface area contributed by atoms with Crippen LogP contribution in [-0.4, -0.2) is 26.7 Å². The van der Waals surface area contributed by atoms with E-state index in [4.69, 9.17) is 21.4 Å². The van der Waals surface area contributed by atoms with Crippen molar-refractivity contribution in [1.82, 2.24) is 9.13 Å². The predicted octanol–water partition coefficient (Wildman–Crippen LogP) is 4.19. The molecule has 2 aromatic carbocycles. The number of benzene rings is 2. The normalized spacial score (nSPS) is 12.1. The SMILES string of the molecule is C/C(=C/Cc1ccccc1)C(=Nc1c(C)c(=O)n(CCCO)c(=O)n1C)Oc1ccccc1Cl. The molecule has 0 radical (unpaired) electrons. The Hall–Kier alpha value is -3.42. The first kappa shape index (κ1) is 25.2. The number of nitrogens with zero attached hydrogens (tertiary/aromatic N) is 3. The Morgan fingerprint density at radius 2 is 1.79 bits per heavy atom. The van der Waals surface area contributed by atoms with Gasteiger partial charge in [-0.15, -0.1) is 0 Å². The van der Waals surface area contributed by atoms with E-state index in [1.165, 1.54) is 4.57 Å². The second kappa shape index (κ2) is 11.6. The molecule has 0 amide bonds. The fourth-order valence-electron chi connectivity index (χ4n) is 3.38. The molecule has 0 aliphatic rings. The third-order valence-corrected chi connectivity index (χ3v) is 5.66. The lowest BCUT2D eigenvalue weighted by Gasteiger charge is -2.15. The van der Waals surface area contributed by atoms with Gasteiger partial charge in [0.05, 0.1) is 10.6 Å². The van der Waals surface area contributed by atoms with E-state index in [-0.39, 0.29) is 24.9 Å². The largest absolute Gasteiger partial charge is 0.437 e. The average Bonchev–Trinajstić information content (AvgIpc) is 2.85. The van der Waals surface area contributed by atoms with E-state index in [9.17, 15) is 9.59 Å². The third kappa shape index (κ3) is 5.92. The van der Waals surface area contributed by atoms with Crippen LogP contribution in [0, 0.1) is 6.92 Å². The second-order valence-electron chi connectivity index (χ2n) is 7.85. The summed E-state index contributed by atoms with van der Waals surface area (Å²) in [6, 6.07) is 17.0. The van der Waals surface area contributed by atoms with E-state index in [0.29, 0.717) is 29.2 Å². The summed E-state index contributed by atoms with van der Waals surface area (Å²) in [4.78, 5) is 30.3. The van der Waals surface area contributed by atoms with Crippen LogP contribution in [0.15, 0.2) is 80.8 Å². The van der Waals surface area contributed by atoms with Crippen LogP contribution in [0.3, 0.4) is 0 Å². The lowest BCUT2D eigenvalue weighted by Crippen LogP contribution is -2.40. The molecule has 0 aliphatic carbocycles. The molecular formula is C26H28ClN3O4. The van der Waals surface area contributed by atoms with E-state index in [0.717, 1.165) is 15.7 Å². The molecule has 0 saturated carbocycles. The van der Waals surface area contributed by atoms with E-state index in [1.807, 2.05) is 43.3 Å². The van der Waals surface area contributed by atoms with Crippen molar-refractivity contribution >= 4 is 23.3 Å². The number of aliphatic imine (C=N–C) groups is 1. The number of hydrogen-bond donors (Lipinski definition) is 1. The Labute approximate surface area is 203 Å². The van der Waals surface area contributed by atoms with Crippen LogP contribution in [0.2, 0.25) is 5.02 Å². The van der Waals surface area contributed by atoms with Crippen LogP contribution in [-0.2, 0) is 20.0 Å². The third-order valence-electron chi connectivity index (χ3n) is 5.35. The molecule has 1 aromatic heterocycles. The van der Waals surface area contributed by atoms with Crippen molar-refractivity contribution < 1.29 is 9.84 Å². The maximum atomic E-state index is 12.9. The van der Waals surface area contributed by atoms with E-state index in [1.54, 1.807) is 38.2 Å². The van der Waals surface area contributed by atoms with Gasteiger partial charge in [-0.1, -0.05) is 60.1 Å². The molecular weight excluding hydrogens is 454 g/mol. The lowest BCUT2D eigenvalue weighted by molar-refractivity contribution is 0.277. The lowest BCUT2D eigenvalue weighted by atomic mass is 10.1. The summed E-state index contributed by atoms with van der Waals surface area (Å²) in [7, 11) is 1.55. The van der Waals surface area contributed by atoms with Crippen LogP contribution < -0.4 is 16.0 Å². The van der Waals surface area contributed by atoms with Gasteiger partial charge in [0, 0.05) is 25.8 Å². The van der Waals surface area contributed by atoms with Gasteiger partial charge in [0.15, 0.2) is 0 Å². The van der Waals surface area contributed by atoms with Crippen molar-refractivity contribution in [2.24, 2.45) is 12.0 Å². The van der Waals surface area contributed by atoms with Gasteiger partial charge in [-0.2, -0.15) is 4.99 Å². The van der Waals surface area contributed by atoms with E-state index < -0.39 is 11.2 Å². The minimum atomic E-state index is -0.509. The van der Waals surface area contributed by atoms with Crippen molar-refractivity contribution in [1.29, 1.82) is 0 Å². The Kier molecular flexibility index (Phi) is 8.62. The van der Waals surface area contributed by atoms with Crippen molar-refractivity contribution in [2.75, 3.05) is 6.61 Å². The summed E-state index contributed by atoms with van der Waals surface area (Å²) in [6.07, 6.45) is 2.93. The minimum absolute atomic E-state index is 0.115. The van der Waals surface area contributed by atoms with Crippen LogP contribution in [0.4, 0.5) is 5.82 Å². The van der Waals surface area contributed by atoms with Gasteiger partial charge in [0.25, 0.3) is 5.56 Å². The average molecular weight is 482 g/mol. The highest BCUT2D eigenvalue weighted by Crippen LogP contribution is 2.25. The molecule has 0 aliphatic heterocycles. The zero-order chi connectivity index (χ0) is 24.7. The van der Waals surface area contributed by atoms with Gasteiger partial charge in [0.2, 0.25) is 5.90 Å². The number of hydrogen-bond acceptors (Lipinski definition) is 5. The highest BCUT2D eigenvalue weighted by molar-refractivity contribution is 6.32. The summed E-state index contributed by atoms with van der Waals surface area (Å²) < 4.78 is 8.50. The number of aromatic nitrogens is 2. The number of aliphatic hydroxyl groups is 1. The van der Waals surface area contributed by atoms with Crippen LogP contribution in [0.5, 0.6) is 5.75 Å². The Morgan fingerprint density at radius 1 is 1.12 bits per heavy atom. The highest BCUT2D eigenvalue weighted by Gasteiger charge is 2.16. The predicted molar refractivity (Wildman–Crippen MR) is 135 cm³/mol. The fraction of sp³-hybridized carbons (Fsp3) is 0.269. The Bertz CT molecular complexity index is 1290. The molecule has 8 heteroatoms. The first-order valence-electron chi connectivity index (χ1n) is 11.0. The summed E-state index contributed by atoms with van der Waals surface area (Å²) in [5.74, 6) is 0.841. The number of para-hydroxylation sites is 1. The number of ether oxygens (including phenoxy) is 1. The summed E-state index contributed by atoms with van der Waals surface area (Å²) >= 11 is 6.30. The van der Waals surface area contributed by atoms with Gasteiger partial charge in [-0.25, -0.2) is 4.79 Å². The molecule has 34 heavy (non-hydrogen) atoms. The zero-order valence-electron chi connectivity index (χ0n) is 19.5. The van der Waals surface area contributed by atoms with Gasteiger partial charge in [-0.05, 0) is 44.4 Å². The van der Waals surface area contributed by atoms with Crippen LogP contribution in [0.25, 0.3) is 0 Å². The van der Waals surface area contributed by atoms with Gasteiger partial charge < -0.3 is 9.84 Å². The summed E-state index contributed by atoms with van der Waals surface area (Å²) in [5.41, 5.74) is 1.19. The van der Waals surface area contributed by atoms with Gasteiger partial charge in [0.1, 0.15) is 11.6 Å². The van der Waals surface area contributed by atoms with Gasteiger partial charge in [-0.3, -0.25) is 13.9 Å². The van der Waals surface area contributed by atoms with Crippen molar-refractivity contribution in [3.05, 3.63) is 103 Å². The molecule has 178 valence electrons. The Balaban J connectivity index is 2.10. The number of allylic oxidation sites excluding steroid dienone is 1. The van der Waals surface area contributed by atoms with E-state index in [2.05, 4.69) is 4.99 Å². The van der Waals surface area contributed by atoms with Gasteiger partial charge >= 0.3 is 5.69 Å². The number of aliphatic hydroxyl groups excluding tert-OH is 1. The maximum absolute atomic E-state index is 12.9. The van der Waals surface area contributed by atoms with Crippen LogP contribution >= 0.6 is 11.6 Å². The molecule has 1 heterocycles. The molecule has 0 fully saturated rings. The molecule has 1 N–H and O–H groups in total. The quantitative estimate of drug-likeness (QED) is 0.386. The smallest absolute Gasteiger partial charge is 0.332 e. The highest BCUT2D eigenvalue weighted by atomic mass is 35.5.